The number of thiophene rings is 1. The van der Waals surface area contributed by atoms with E-state index < -0.39 is 0 Å². The summed E-state index contributed by atoms with van der Waals surface area (Å²) in [5.41, 5.74) is 9.08. The Kier molecular flexibility index (Phi) is 6.35. The fraction of sp³-hybridized carbons (Fsp3) is 0.0227. The van der Waals surface area contributed by atoms with Crippen LogP contribution in [-0.4, -0.2) is 19.5 Å². The molecular weight excluding hydrogens is 633 g/mol. The van der Waals surface area contributed by atoms with Crippen LogP contribution in [-0.2, 0) is 0 Å². The van der Waals surface area contributed by atoms with Gasteiger partial charge in [0, 0.05) is 65.0 Å². The molecule has 10 rings (SSSR count). The zero-order valence-electron chi connectivity index (χ0n) is 27.1. The molecule has 6 heteroatoms. The van der Waals surface area contributed by atoms with E-state index in [0.717, 1.165) is 65.9 Å². The summed E-state index contributed by atoms with van der Waals surface area (Å²) in [6.07, 6.45) is 5.87. The average Bonchev–Trinajstić information content (AvgIpc) is 3.80. The predicted octanol–water partition coefficient (Wildman–Crippen LogP) is 9.96. The Labute approximate surface area is 290 Å². The van der Waals surface area contributed by atoms with Crippen molar-refractivity contribution in [3.8, 4) is 28.2 Å². The fourth-order valence-corrected chi connectivity index (χ4v) is 8.27. The lowest BCUT2D eigenvalue weighted by atomic mass is 10.1. The first-order chi connectivity index (χ1) is 24.6. The maximum Gasteiger partial charge on any atom is 0.248 e. The van der Waals surface area contributed by atoms with E-state index in [1.165, 1.54) is 25.7 Å². The number of rotatable bonds is 4. The van der Waals surface area contributed by atoms with Gasteiger partial charge in [0.05, 0.1) is 5.52 Å². The Morgan fingerprint density at radius 1 is 0.700 bits per heavy atom. The van der Waals surface area contributed by atoms with E-state index in [9.17, 15) is 0 Å². The topological polar surface area (TPSA) is 56.7 Å². The summed E-state index contributed by atoms with van der Waals surface area (Å²) in [6, 6.07) is 42.2. The summed E-state index contributed by atoms with van der Waals surface area (Å²) >= 11 is 1.80. The second-order valence-corrected chi connectivity index (χ2v) is 13.7. The van der Waals surface area contributed by atoms with Crippen molar-refractivity contribution in [3.05, 3.63) is 155 Å². The second-order valence-electron chi connectivity index (χ2n) is 12.6. The van der Waals surface area contributed by atoms with Gasteiger partial charge in [0.2, 0.25) is 5.71 Å². The van der Waals surface area contributed by atoms with E-state index in [2.05, 4.69) is 132 Å². The lowest BCUT2D eigenvalue weighted by Gasteiger charge is -2.11. The monoisotopic (exact) mass is 660 g/mol. The average molecular weight is 661 g/mol. The van der Waals surface area contributed by atoms with Crippen LogP contribution in [0.25, 0.3) is 94.1 Å². The normalized spacial score (nSPS) is 12.3. The molecule has 0 unspecified atom stereocenters. The molecule has 0 saturated carbocycles. The minimum absolute atomic E-state index is 0.478. The van der Waals surface area contributed by atoms with Gasteiger partial charge in [-0.3, -0.25) is 9.55 Å². The molecule has 0 radical (unpaired) electrons. The zero-order valence-corrected chi connectivity index (χ0v) is 27.9. The van der Waals surface area contributed by atoms with Gasteiger partial charge < -0.3 is 4.42 Å². The SMILES string of the molecule is C=c1/c(=C\c2ccccc2C)c2ccccc2n1-c1nc2oc3cc(-c4cccnc4)ccc3c2nc1-c1ccc2c(c1)sc1ccccc12. The molecule has 5 nitrogen and oxygen atoms in total. The van der Waals surface area contributed by atoms with Crippen molar-refractivity contribution in [1.82, 2.24) is 19.5 Å². The molecule has 0 aliphatic carbocycles. The minimum atomic E-state index is 0.478. The molecule has 0 fully saturated rings. The number of pyridine rings is 1. The summed E-state index contributed by atoms with van der Waals surface area (Å²) in [7, 11) is 0. The number of para-hydroxylation sites is 1. The van der Waals surface area contributed by atoms with E-state index >= 15 is 0 Å². The van der Waals surface area contributed by atoms with Crippen LogP contribution in [0.1, 0.15) is 11.1 Å². The molecule has 0 N–H and O–H groups in total. The number of aryl methyl sites for hydroxylation is 1. The number of hydrogen-bond acceptors (Lipinski definition) is 5. The molecule has 0 aliphatic heterocycles. The van der Waals surface area contributed by atoms with Gasteiger partial charge in [0.1, 0.15) is 16.8 Å². The molecule has 0 aliphatic rings. The molecule has 50 heavy (non-hydrogen) atoms. The van der Waals surface area contributed by atoms with Gasteiger partial charge in [0.15, 0.2) is 5.82 Å². The highest BCUT2D eigenvalue weighted by atomic mass is 32.1. The van der Waals surface area contributed by atoms with Gasteiger partial charge >= 0.3 is 0 Å². The van der Waals surface area contributed by atoms with Crippen LogP contribution in [0, 0.1) is 6.92 Å². The Bertz CT molecular complexity index is 3080. The Morgan fingerprint density at radius 3 is 2.36 bits per heavy atom. The molecule has 5 heterocycles. The van der Waals surface area contributed by atoms with Crippen LogP contribution in [0.2, 0.25) is 0 Å². The minimum Gasteiger partial charge on any atom is -0.436 e. The standard InChI is InChI=1S/C44H28N4OS/c1-26-10-3-4-11-28(26)22-36-27(2)48(37-15-7-5-13-32(36)37)43-41(30-18-19-34-33-14-6-8-16-39(33)50-40(34)24-30)46-42-35-20-17-29(31-12-9-21-45-25-31)23-38(35)49-44(42)47-43/h3-25H,2H2,1H3/b36-22+. The van der Waals surface area contributed by atoms with Crippen LogP contribution >= 0.6 is 11.3 Å². The number of fused-ring (bicyclic) bond motifs is 7. The first-order valence-corrected chi connectivity index (χ1v) is 17.3. The largest absolute Gasteiger partial charge is 0.436 e. The van der Waals surface area contributed by atoms with Crippen molar-refractivity contribution < 1.29 is 4.42 Å². The zero-order chi connectivity index (χ0) is 33.3. The Balaban J connectivity index is 1.28. The summed E-state index contributed by atoms with van der Waals surface area (Å²) in [4.78, 5) is 15.0. The molecule has 0 saturated heterocycles. The maximum absolute atomic E-state index is 6.51. The van der Waals surface area contributed by atoms with E-state index in [1.54, 1.807) is 17.5 Å². The van der Waals surface area contributed by atoms with E-state index in [1.807, 2.05) is 24.4 Å². The number of benzene rings is 5. The predicted molar refractivity (Wildman–Crippen MR) is 207 cm³/mol. The van der Waals surface area contributed by atoms with Gasteiger partial charge in [0.25, 0.3) is 0 Å². The molecule has 0 amide bonds. The second kappa shape index (κ2) is 11.1. The molecule has 0 atom stereocenters. The number of hydrogen-bond donors (Lipinski definition) is 0. The van der Waals surface area contributed by atoms with Crippen LogP contribution in [0.15, 0.2) is 138 Å². The molecule has 5 aromatic carbocycles. The third-order valence-corrected chi connectivity index (χ3v) is 10.8. The van der Waals surface area contributed by atoms with Gasteiger partial charge in [-0.15, -0.1) is 11.3 Å². The quantitative estimate of drug-likeness (QED) is 0.189. The number of furan rings is 1. The van der Waals surface area contributed by atoms with Crippen molar-refractivity contribution in [2.24, 2.45) is 0 Å². The van der Waals surface area contributed by atoms with E-state index in [-0.39, 0.29) is 0 Å². The van der Waals surface area contributed by atoms with Crippen molar-refractivity contribution in [2.45, 2.75) is 6.92 Å². The lowest BCUT2D eigenvalue weighted by molar-refractivity contribution is 0.651. The molecular formula is C44H28N4OS. The van der Waals surface area contributed by atoms with Crippen molar-refractivity contribution in [3.63, 3.8) is 0 Å². The molecule has 0 bridgehead atoms. The van der Waals surface area contributed by atoms with Gasteiger partial charge in [-0.2, -0.15) is 4.98 Å². The number of aromatic nitrogens is 4. The fourth-order valence-electron chi connectivity index (χ4n) is 7.13. The maximum atomic E-state index is 6.51. The molecule has 10 aromatic rings. The smallest absolute Gasteiger partial charge is 0.248 e. The summed E-state index contributed by atoms with van der Waals surface area (Å²) in [6.45, 7) is 6.81. The molecule has 5 aromatic heterocycles. The first kappa shape index (κ1) is 28.6. The van der Waals surface area contributed by atoms with Crippen LogP contribution in [0.4, 0.5) is 0 Å². The van der Waals surface area contributed by atoms with E-state index in [0.29, 0.717) is 11.5 Å². The van der Waals surface area contributed by atoms with Gasteiger partial charge in [-0.1, -0.05) is 91.5 Å². The highest BCUT2D eigenvalue weighted by Gasteiger charge is 2.21. The van der Waals surface area contributed by atoms with Gasteiger partial charge in [-0.05, 0) is 66.1 Å². The Morgan fingerprint density at radius 2 is 1.48 bits per heavy atom. The summed E-state index contributed by atoms with van der Waals surface area (Å²) in [5.74, 6) is 0.676. The van der Waals surface area contributed by atoms with E-state index in [4.69, 9.17) is 14.4 Å². The Hall–Kier alpha value is -6.37. The number of nitrogens with zero attached hydrogens (tertiary/aromatic N) is 4. The third-order valence-electron chi connectivity index (χ3n) is 9.65. The molecule has 236 valence electrons. The van der Waals surface area contributed by atoms with Gasteiger partial charge in [-0.25, -0.2) is 4.98 Å². The first-order valence-electron chi connectivity index (χ1n) is 16.5. The van der Waals surface area contributed by atoms with Crippen LogP contribution in [0.5, 0.6) is 0 Å². The van der Waals surface area contributed by atoms with Crippen molar-refractivity contribution in [1.29, 1.82) is 0 Å². The van der Waals surface area contributed by atoms with Crippen molar-refractivity contribution in [2.75, 3.05) is 0 Å². The summed E-state index contributed by atoms with van der Waals surface area (Å²) < 4.78 is 11.1. The highest BCUT2D eigenvalue weighted by molar-refractivity contribution is 7.25. The lowest BCUT2D eigenvalue weighted by Crippen LogP contribution is -2.28. The van der Waals surface area contributed by atoms with Crippen LogP contribution < -0.4 is 10.6 Å². The van der Waals surface area contributed by atoms with Crippen molar-refractivity contribution >= 4 is 77.3 Å². The molecule has 0 spiro atoms. The third kappa shape index (κ3) is 4.42. The summed E-state index contributed by atoms with van der Waals surface area (Å²) in [5, 5.41) is 6.39. The van der Waals surface area contributed by atoms with Crippen LogP contribution in [0.3, 0.4) is 0 Å². The highest BCUT2D eigenvalue weighted by Crippen LogP contribution is 2.39.